The summed E-state index contributed by atoms with van der Waals surface area (Å²) in [6, 6.07) is 2.73. The van der Waals surface area contributed by atoms with Crippen LogP contribution in [0.25, 0.3) is 0 Å². The molecule has 2 fully saturated rings. The molecule has 0 saturated carbocycles. The van der Waals surface area contributed by atoms with E-state index in [2.05, 4.69) is 0 Å². The number of halogens is 1. The summed E-state index contributed by atoms with van der Waals surface area (Å²) in [4.78, 5) is 30.0. The molecule has 3 rings (SSSR count). The van der Waals surface area contributed by atoms with E-state index in [1.807, 2.05) is 30.6 Å². The minimum Gasteiger partial charge on any atom is -0.459 e. The first-order chi connectivity index (χ1) is 24.4. The fourth-order valence-electron chi connectivity index (χ4n) is 7.67. The number of ether oxygens (including phenoxy) is 3. The Morgan fingerprint density at radius 2 is 1.68 bits per heavy atom. The molecule has 0 unspecified atom stereocenters. The van der Waals surface area contributed by atoms with Crippen molar-refractivity contribution in [1.29, 1.82) is 0 Å². The lowest BCUT2D eigenvalue weighted by Crippen LogP contribution is -2.61. The lowest BCUT2D eigenvalue weighted by atomic mass is 9.78. The van der Waals surface area contributed by atoms with E-state index >= 15 is 0 Å². The molecular formula is C36H60ClN3O12S. The van der Waals surface area contributed by atoms with Crippen LogP contribution in [0.1, 0.15) is 74.7 Å². The summed E-state index contributed by atoms with van der Waals surface area (Å²) in [7, 11) is -0.907. The Hall–Kier alpha value is -2.12. The number of aliphatic hydroxyl groups excluding tert-OH is 3. The second-order valence-electron chi connectivity index (χ2n) is 15.7. The van der Waals surface area contributed by atoms with Crippen LogP contribution < -0.4 is 4.72 Å². The molecule has 0 radical (unpaired) electrons. The van der Waals surface area contributed by atoms with E-state index in [-0.39, 0.29) is 41.5 Å². The Morgan fingerprint density at radius 1 is 1.08 bits per heavy atom. The zero-order chi connectivity index (χ0) is 40.4. The smallest absolute Gasteiger partial charge is 0.331 e. The number of benzene rings is 1. The third kappa shape index (κ3) is 10.4. The molecular weight excluding hydrogens is 734 g/mol. The number of hydrogen-bond acceptors (Lipinski definition) is 13. The van der Waals surface area contributed by atoms with Crippen LogP contribution >= 0.6 is 11.6 Å². The van der Waals surface area contributed by atoms with Crippen molar-refractivity contribution in [2.45, 2.75) is 146 Å². The number of carbonyl (C=O) groups is 2. The Balaban J connectivity index is 2.12. The first kappa shape index (κ1) is 45.3. The van der Waals surface area contributed by atoms with Crippen LogP contribution in [0, 0.1) is 17.8 Å². The van der Waals surface area contributed by atoms with Crippen molar-refractivity contribution in [2.75, 3.05) is 20.6 Å². The van der Waals surface area contributed by atoms with Gasteiger partial charge < -0.3 is 49.5 Å². The topological polar surface area (TPSA) is 216 Å². The van der Waals surface area contributed by atoms with Crippen LogP contribution in [0.5, 0.6) is 0 Å². The standard InChI is InChI=1S/C36H60ClN3O12S/c1-11-27-36(8,47)30(43)23(6)40(34(45)38-53(48,49)26-15-13-12-14-24(26)37)18-19(2)17-35(7,46)31(21(4)28(41)22(5)32(44)51-27)52-33-29(42)25(39(9)10)16-20(3)50-33/h12-15,19-23,25,27-31,33,41-43,46-47H,11,16-18H2,1-10H3,(H,38,45)/t19-,20-,21+,22-,23-,25+,27-,28+,29-,30-,31-,33+,35-,36-/m1/s1. The summed E-state index contributed by atoms with van der Waals surface area (Å²) < 4.78 is 46.8. The SMILES string of the molecule is CC[C@H]1OC(=O)[C@H](C)[C@@H](O)[C@H](C)[C@@H](O[C@@H]2O[C@H](C)C[C@H](N(C)C)[C@H]2O)[C@](C)(O)C[C@@H](C)CN(C(=O)NS(=O)(=O)c2ccccc2Cl)[C@H](C)[C@@H](O)[C@]1(C)O. The number of sulfonamides is 1. The fourth-order valence-corrected chi connectivity index (χ4v) is 9.15. The Labute approximate surface area is 318 Å². The highest BCUT2D eigenvalue weighted by Gasteiger charge is 2.50. The summed E-state index contributed by atoms with van der Waals surface area (Å²) in [5.74, 6) is -3.76. The van der Waals surface area contributed by atoms with Gasteiger partial charge in [-0.1, -0.05) is 44.5 Å². The first-order valence-corrected chi connectivity index (χ1v) is 20.0. The van der Waals surface area contributed by atoms with Gasteiger partial charge in [-0.2, -0.15) is 0 Å². The zero-order valence-electron chi connectivity index (χ0n) is 32.3. The minimum atomic E-state index is -4.53. The third-order valence-corrected chi connectivity index (χ3v) is 12.6. The molecule has 15 nitrogen and oxygen atoms in total. The molecule has 2 aliphatic rings. The normalized spacial score (nSPS) is 39.9. The third-order valence-electron chi connectivity index (χ3n) is 10.8. The van der Waals surface area contributed by atoms with Gasteiger partial charge in [0.1, 0.15) is 28.8 Å². The van der Waals surface area contributed by atoms with Gasteiger partial charge in [0.2, 0.25) is 0 Å². The maximum absolute atomic E-state index is 13.9. The number of hydrogen-bond donors (Lipinski definition) is 6. The monoisotopic (exact) mass is 793 g/mol. The Bertz CT molecular complexity index is 1510. The highest BCUT2D eigenvalue weighted by molar-refractivity contribution is 7.90. The molecule has 6 N–H and O–H groups in total. The molecule has 2 heterocycles. The largest absolute Gasteiger partial charge is 0.459 e. The van der Waals surface area contributed by atoms with Crippen molar-refractivity contribution in [3.63, 3.8) is 0 Å². The molecule has 0 bridgehead atoms. The number of likely N-dealkylation sites (N-methyl/N-ethyl adjacent to an activating group) is 1. The molecule has 14 atom stereocenters. The average molecular weight is 794 g/mol. The summed E-state index contributed by atoms with van der Waals surface area (Å²) in [5, 5.41) is 58.3. The van der Waals surface area contributed by atoms with Crippen LogP contribution in [-0.2, 0) is 29.0 Å². The molecule has 0 spiro atoms. The van der Waals surface area contributed by atoms with Crippen molar-refractivity contribution in [2.24, 2.45) is 17.8 Å². The van der Waals surface area contributed by atoms with Gasteiger partial charge in [0, 0.05) is 18.5 Å². The Morgan fingerprint density at radius 3 is 2.25 bits per heavy atom. The van der Waals surface area contributed by atoms with Gasteiger partial charge in [-0.15, -0.1) is 0 Å². The predicted octanol–water partition coefficient (Wildman–Crippen LogP) is 2.10. The fraction of sp³-hybridized carbons (Fsp3) is 0.778. The summed E-state index contributed by atoms with van der Waals surface area (Å²) in [6.45, 7) is 12.0. The van der Waals surface area contributed by atoms with Gasteiger partial charge in [0.25, 0.3) is 10.0 Å². The number of rotatable bonds is 6. The summed E-state index contributed by atoms with van der Waals surface area (Å²) in [6.07, 6.45) is -8.18. The molecule has 1 aromatic rings. The maximum atomic E-state index is 13.9. The molecule has 2 amide bonds. The van der Waals surface area contributed by atoms with Crippen molar-refractivity contribution in [1.82, 2.24) is 14.5 Å². The second-order valence-corrected chi connectivity index (χ2v) is 17.7. The number of aliphatic hydroxyl groups is 5. The number of nitrogens with one attached hydrogen (secondary N) is 1. The number of cyclic esters (lactones) is 1. The lowest BCUT2D eigenvalue weighted by molar-refractivity contribution is -0.299. The van der Waals surface area contributed by atoms with Crippen LogP contribution in [0.4, 0.5) is 4.79 Å². The van der Waals surface area contributed by atoms with Gasteiger partial charge >= 0.3 is 12.0 Å². The first-order valence-electron chi connectivity index (χ1n) is 18.1. The van der Waals surface area contributed by atoms with E-state index in [9.17, 15) is 43.5 Å². The quantitative estimate of drug-likeness (QED) is 0.228. The van der Waals surface area contributed by atoms with Crippen molar-refractivity contribution >= 4 is 33.6 Å². The van der Waals surface area contributed by atoms with Gasteiger partial charge in [0.15, 0.2) is 6.29 Å². The molecule has 2 saturated heterocycles. The second kappa shape index (κ2) is 17.8. The van der Waals surface area contributed by atoms with Gasteiger partial charge in [0.05, 0.1) is 40.9 Å². The van der Waals surface area contributed by atoms with Crippen LogP contribution in [0.2, 0.25) is 5.02 Å². The van der Waals surface area contributed by atoms with Crippen LogP contribution in [-0.4, -0.2) is 143 Å². The van der Waals surface area contributed by atoms with Gasteiger partial charge in [-0.05, 0) is 86.0 Å². The molecule has 2 aliphatic heterocycles. The Kier molecular flexibility index (Phi) is 15.2. The molecule has 0 aliphatic carbocycles. The molecule has 53 heavy (non-hydrogen) atoms. The van der Waals surface area contributed by atoms with E-state index in [4.69, 9.17) is 25.8 Å². The van der Waals surface area contributed by atoms with Crippen molar-refractivity contribution < 1.29 is 57.8 Å². The van der Waals surface area contributed by atoms with E-state index in [0.29, 0.717) is 6.42 Å². The summed E-state index contributed by atoms with van der Waals surface area (Å²) >= 11 is 6.14. The van der Waals surface area contributed by atoms with Crippen LogP contribution in [0.15, 0.2) is 29.2 Å². The minimum absolute atomic E-state index is 0.0208. The van der Waals surface area contributed by atoms with Crippen molar-refractivity contribution in [3.8, 4) is 0 Å². The van der Waals surface area contributed by atoms with E-state index in [1.54, 1.807) is 20.8 Å². The van der Waals surface area contributed by atoms with E-state index in [0.717, 1.165) is 4.90 Å². The molecule has 0 aromatic heterocycles. The molecule has 1 aromatic carbocycles. The van der Waals surface area contributed by atoms with Gasteiger partial charge in [-0.3, -0.25) is 4.79 Å². The molecule has 304 valence electrons. The maximum Gasteiger partial charge on any atom is 0.331 e. The number of esters is 1. The number of nitrogens with zero attached hydrogens (tertiary/aromatic N) is 2. The highest BCUT2D eigenvalue weighted by Crippen LogP contribution is 2.37. The predicted molar refractivity (Wildman–Crippen MR) is 196 cm³/mol. The van der Waals surface area contributed by atoms with E-state index < -0.39 is 93.8 Å². The average Bonchev–Trinajstić information content (AvgIpc) is 3.06. The van der Waals surface area contributed by atoms with Crippen molar-refractivity contribution in [3.05, 3.63) is 29.3 Å². The zero-order valence-corrected chi connectivity index (χ0v) is 33.9. The summed E-state index contributed by atoms with van der Waals surface area (Å²) in [5.41, 5.74) is -4.00. The number of carbonyl (C=O) groups excluding carboxylic acids is 2. The number of amides is 2. The lowest BCUT2D eigenvalue weighted by Gasteiger charge is -2.46. The van der Waals surface area contributed by atoms with Gasteiger partial charge in [-0.25, -0.2) is 17.9 Å². The van der Waals surface area contributed by atoms with Crippen LogP contribution in [0.3, 0.4) is 0 Å². The van der Waals surface area contributed by atoms with E-state index in [1.165, 1.54) is 52.0 Å². The number of urea groups is 1. The molecule has 17 heteroatoms. The highest BCUT2D eigenvalue weighted by atomic mass is 35.5.